The normalized spacial score (nSPS) is 10.2. The highest BCUT2D eigenvalue weighted by Crippen LogP contribution is 2.11. The summed E-state index contributed by atoms with van der Waals surface area (Å²) < 4.78 is 5.61. The van der Waals surface area contributed by atoms with E-state index in [-0.39, 0.29) is 18.4 Å². The van der Waals surface area contributed by atoms with Gasteiger partial charge in [-0.3, -0.25) is 9.59 Å². The predicted octanol–water partition coefficient (Wildman–Crippen LogP) is 2.57. The van der Waals surface area contributed by atoms with Gasteiger partial charge in [0.15, 0.2) is 0 Å². The lowest BCUT2D eigenvalue weighted by molar-refractivity contribution is -0.129. The van der Waals surface area contributed by atoms with Gasteiger partial charge in [0.05, 0.1) is 13.1 Å². The minimum absolute atomic E-state index is 0.0340. The first-order valence-electron chi connectivity index (χ1n) is 8.24. The molecule has 0 bridgehead atoms. The maximum atomic E-state index is 12.1. The van der Waals surface area contributed by atoms with Crippen LogP contribution >= 0.6 is 0 Å². The van der Waals surface area contributed by atoms with E-state index in [0.29, 0.717) is 18.7 Å². The van der Waals surface area contributed by atoms with Crippen LogP contribution in [0.25, 0.3) is 0 Å². The maximum absolute atomic E-state index is 12.1. The molecule has 2 aromatic carbocycles. The molecule has 0 radical (unpaired) electrons. The van der Waals surface area contributed by atoms with E-state index in [1.54, 1.807) is 24.1 Å². The average molecular weight is 340 g/mol. The van der Waals surface area contributed by atoms with Crippen LogP contribution in [-0.2, 0) is 4.79 Å². The van der Waals surface area contributed by atoms with Gasteiger partial charge in [-0.25, -0.2) is 0 Å². The third kappa shape index (κ3) is 5.95. The first-order chi connectivity index (χ1) is 12.0. The molecule has 0 aliphatic rings. The van der Waals surface area contributed by atoms with Crippen molar-refractivity contribution in [1.29, 1.82) is 0 Å². The molecule has 0 aliphatic heterocycles. The Bertz CT molecular complexity index is 709. The van der Waals surface area contributed by atoms with Gasteiger partial charge in [0.2, 0.25) is 5.91 Å². The molecular weight excluding hydrogens is 316 g/mol. The molecule has 2 rings (SSSR count). The average Bonchev–Trinajstić information content (AvgIpc) is 2.61. The lowest BCUT2D eigenvalue weighted by atomic mass is 10.1. The van der Waals surface area contributed by atoms with E-state index in [9.17, 15) is 9.59 Å². The van der Waals surface area contributed by atoms with Crippen LogP contribution in [0.5, 0.6) is 5.75 Å². The Morgan fingerprint density at radius 3 is 2.12 bits per heavy atom. The number of nitrogens with zero attached hydrogens (tertiary/aromatic N) is 1. The van der Waals surface area contributed by atoms with Gasteiger partial charge in [0, 0.05) is 12.6 Å². The molecule has 0 heterocycles. The molecule has 0 saturated carbocycles. The molecule has 0 atom stereocenters. The van der Waals surface area contributed by atoms with Gasteiger partial charge in [-0.15, -0.1) is 0 Å². The number of likely N-dealkylation sites (N-methyl/N-ethyl adjacent to an activating group) is 1. The van der Waals surface area contributed by atoms with Gasteiger partial charge in [-0.2, -0.15) is 0 Å². The third-order valence-electron chi connectivity index (χ3n) is 3.86. The Hall–Kier alpha value is -2.82. The molecule has 5 heteroatoms. The minimum Gasteiger partial charge on any atom is -0.492 e. The van der Waals surface area contributed by atoms with E-state index in [2.05, 4.69) is 5.32 Å². The summed E-state index contributed by atoms with van der Waals surface area (Å²) in [6, 6.07) is 15.0. The van der Waals surface area contributed by atoms with Crippen molar-refractivity contribution in [3.05, 3.63) is 65.2 Å². The lowest BCUT2D eigenvalue weighted by Gasteiger charge is -2.18. The fourth-order valence-corrected chi connectivity index (χ4v) is 2.16. The standard InChI is InChI=1S/C20H24N2O3/c1-15-4-8-17(9-5-15)20(24)21-14-19(23)22(3)12-13-25-18-10-6-16(2)7-11-18/h4-11H,12-14H2,1-3H3,(H,21,24). The Morgan fingerprint density at radius 2 is 1.52 bits per heavy atom. The van der Waals surface area contributed by atoms with Crippen molar-refractivity contribution in [2.24, 2.45) is 0 Å². The van der Waals surface area contributed by atoms with E-state index in [1.807, 2.05) is 50.2 Å². The largest absolute Gasteiger partial charge is 0.492 e. The van der Waals surface area contributed by atoms with Crippen molar-refractivity contribution in [3.63, 3.8) is 0 Å². The van der Waals surface area contributed by atoms with E-state index >= 15 is 0 Å². The van der Waals surface area contributed by atoms with Crippen LogP contribution in [0.3, 0.4) is 0 Å². The van der Waals surface area contributed by atoms with E-state index < -0.39 is 0 Å². The molecule has 5 nitrogen and oxygen atoms in total. The summed E-state index contributed by atoms with van der Waals surface area (Å²) in [6.45, 7) is 4.79. The number of hydrogen-bond donors (Lipinski definition) is 1. The number of ether oxygens (including phenoxy) is 1. The maximum Gasteiger partial charge on any atom is 0.251 e. The summed E-state index contributed by atoms with van der Waals surface area (Å²) in [5.74, 6) is 0.366. The summed E-state index contributed by atoms with van der Waals surface area (Å²) in [6.07, 6.45) is 0. The molecule has 0 spiro atoms. The number of amides is 2. The fourth-order valence-electron chi connectivity index (χ4n) is 2.16. The molecule has 1 N–H and O–H groups in total. The van der Waals surface area contributed by atoms with E-state index in [0.717, 1.165) is 11.3 Å². The number of benzene rings is 2. The zero-order valence-corrected chi connectivity index (χ0v) is 14.9. The summed E-state index contributed by atoms with van der Waals surface area (Å²) in [5.41, 5.74) is 2.80. The summed E-state index contributed by atoms with van der Waals surface area (Å²) in [7, 11) is 1.69. The van der Waals surface area contributed by atoms with Crippen molar-refractivity contribution >= 4 is 11.8 Å². The SMILES string of the molecule is Cc1ccc(OCCN(C)C(=O)CNC(=O)c2ccc(C)cc2)cc1. The molecule has 0 fully saturated rings. The van der Waals surface area contributed by atoms with Gasteiger partial charge in [-0.05, 0) is 38.1 Å². The highest BCUT2D eigenvalue weighted by molar-refractivity contribution is 5.96. The van der Waals surface area contributed by atoms with Crippen molar-refractivity contribution in [3.8, 4) is 5.75 Å². The first kappa shape index (κ1) is 18.5. The topological polar surface area (TPSA) is 58.6 Å². The zero-order chi connectivity index (χ0) is 18.2. The molecule has 132 valence electrons. The molecule has 0 saturated heterocycles. The summed E-state index contributed by atoms with van der Waals surface area (Å²) in [5, 5.41) is 2.64. The second-order valence-corrected chi connectivity index (χ2v) is 6.03. The highest BCUT2D eigenvalue weighted by atomic mass is 16.5. The monoisotopic (exact) mass is 340 g/mol. The van der Waals surface area contributed by atoms with Gasteiger partial charge < -0.3 is 15.0 Å². The van der Waals surface area contributed by atoms with Gasteiger partial charge in [0.25, 0.3) is 5.91 Å². The van der Waals surface area contributed by atoms with Crippen LogP contribution in [-0.4, -0.2) is 43.5 Å². The van der Waals surface area contributed by atoms with E-state index in [1.165, 1.54) is 5.56 Å². The van der Waals surface area contributed by atoms with Crippen LogP contribution < -0.4 is 10.1 Å². The quantitative estimate of drug-likeness (QED) is 0.843. The van der Waals surface area contributed by atoms with Crippen LogP contribution in [0, 0.1) is 13.8 Å². The number of carbonyl (C=O) groups is 2. The number of hydrogen-bond acceptors (Lipinski definition) is 3. The molecule has 0 unspecified atom stereocenters. The predicted molar refractivity (Wildman–Crippen MR) is 97.8 cm³/mol. The summed E-state index contributed by atoms with van der Waals surface area (Å²) in [4.78, 5) is 25.6. The Balaban J connectivity index is 1.71. The third-order valence-corrected chi connectivity index (χ3v) is 3.86. The van der Waals surface area contributed by atoms with E-state index in [4.69, 9.17) is 4.74 Å². The van der Waals surface area contributed by atoms with Crippen molar-refractivity contribution in [1.82, 2.24) is 10.2 Å². The smallest absolute Gasteiger partial charge is 0.251 e. The first-order valence-corrected chi connectivity index (χ1v) is 8.24. The molecule has 0 aliphatic carbocycles. The lowest BCUT2D eigenvalue weighted by Crippen LogP contribution is -2.39. The Kier molecular flexibility index (Phi) is 6.57. The molecule has 0 aromatic heterocycles. The van der Waals surface area contributed by atoms with Gasteiger partial charge in [0.1, 0.15) is 12.4 Å². The number of carbonyl (C=O) groups excluding carboxylic acids is 2. The van der Waals surface area contributed by atoms with Crippen molar-refractivity contribution in [2.45, 2.75) is 13.8 Å². The van der Waals surface area contributed by atoms with Gasteiger partial charge >= 0.3 is 0 Å². The number of rotatable bonds is 7. The highest BCUT2D eigenvalue weighted by Gasteiger charge is 2.11. The fraction of sp³-hybridized carbons (Fsp3) is 0.300. The number of nitrogens with one attached hydrogen (secondary N) is 1. The second kappa shape index (κ2) is 8.87. The second-order valence-electron chi connectivity index (χ2n) is 6.03. The van der Waals surface area contributed by atoms with Gasteiger partial charge in [-0.1, -0.05) is 35.4 Å². The van der Waals surface area contributed by atoms with Crippen molar-refractivity contribution in [2.75, 3.05) is 26.7 Å². The van der Waals surface area contributed by atoms with Crippen LogP contribution in [0.1, 0.15) is 21.5 Å². The van der Waals surface area contributed by atoms with Crippen molar-refractivity contribution < 1.29 is 14.3 Å². The zero-order valence-electron chi connectivity index (χ0n) is 14.9. The Morgan fingerprint density at radius 1 is 0.960 bits per heavy atom. The number of aryl methyl sites for hydroxylation is 2. The molecular formula is C20H24N2O3. The minimum atomic E-state index is -0.252. The Labute approximate surface area is 148 Å². The molecule has 2 amide bonds. The molecule has 2 aromatic rings. The van der Waals surface area contributed by atoms with Crippen LogP contribution in [0.15, 0.2) is 48.5 Å². The van der Waals surface area contributed by atoms with Crippen LogP contribution in [0.2, 0.25) is 0 Å². The molecule has 25 heavy (non-hydrogen) atoms. The van der Waals surface area contributed by atoms with Crippen LogP contribution in [0.4, 0.5) is 0 Å². The summed E-state index contributed by atoms with van der Waals surface area (Å²) >= 11 is 0.